The standard InChI is InChI=1S/C24H30N4O3/c1-5-18-8-7-9-20(14-18)28-23(30)16-27-24(25-6-2)26-15-22(29)19-10-12-21(13-11-19)31-17(3)4/h1,7-14,17,22,29H,6,15-16H2,2-4H3,(H,28,30)(H2,25,26,27). The number of aliphatic imine (C=N–C) groups is 1. The summed E-state index contributed by atoms with van der Waals surface area (Å²) in [6.45, 7) is 6.63. The van der Waals surface area contributed by atoms with Gasteiger partial charge in [0, 0.05) is 24.3 Å². The molecule has 1 atom stereocenters. The minimum atomic E-state index is -0.739. The number of terminal acetylenes is 1. The van der Waals surface area contributed by atoms with Crippen LogP contribution < -0.4 is 20.7 Å². The molecule has 4 N–H and O–H groups in total. The van der Waals surface area contributed by atoms with Gasteiger partial charge in [0.15, 0.2) is 5.96 Å². The van der Waals surface area contributed by atoms with Gasteiger partial charge >= 0.3 is 0 Å². The fourth-order valence-electron chi connectivity index (χ4n) is 2.73. The van der Waals surface area contributed by atoms with Crippen molar-refractivity contribution in [3.63, 3.8) is 0 Å². The Bertz CT molecular complexity index is 917. The van der Waals surface area contributed by atoms with Gasteiger partial charge < -0.3 is 25.8 Å². The molecule has 2 rings (SSSR count). The summed E-state index contributed by atoms with van der Waals surface area (Å²) >= 11 is 0. The molecule has 7 heteroatoms. The lowest BCUT2D eigenvalue weighted by Crippen LogP contribution is -2.40. The van der Waals surface area contributed by atoms with E-state index in [1.807, 2.05) is 45.0 Å². The van der Waals surface area contributed by atoms with Crippen LogP contribution in [0, 0.1) is 12.3 Å². The molecule has 0 heterocycles. The molecule has 0 bridgehead atoms. The number of hydrogen-bond acceptors (Lipinski definition) is 4. The first-order chi connectivity index (χ1) is 14.9. The number of aliphatic hydroxyl groups excluding tert-OH is 1. The normalized spacial score (nSPS) is 12.1. The van der Waals surface area contributed by atoms with E-state index in [2.05, 4.69) is 26.9 Å². The predicted octanol–water partition coefficient (Wildman–Crippen LogP) is 2.68. The predicted molar refractivity (Wildman–Crippen MR) is 124 cm³/mol. The van der Waals surface area contributed by atoms with Crippen LogP contribution in [-0.4, -0.2) is 42.7 Å². The number of nitrogens with one attached hydrogen (secondary N) is 3. The van der Waals surface area contributed by atoms with Crippen LogP contribution in [0.5, 0.6) is 5.75 Å². The first kappa shape index (κ1) is 23.8. The van der Waals surface area contributed by atoms with Crippen molar-refractivity contribution in [3.8, 4) is 18.1 Å². The Balaban J connectivity index is 1.90. The molecule has 31 heavy (non-hydrogen) atoms. The van der Waals surface area contributed by atoms with E-state index < -0.39 is 6.10 Å². The molecule has 0 aromatic heterocycles. The number of aliphatic hydroxyl groups is 1. The molecule has 0 aliphatic heterocycles. The number of amides is 1. The van der Waals surface area contributed by atoms with Crippen LogP contribution in [0.25, 0.3) is 0 Å². The average Bonchev–Trinajstić information content (AvgIpc) is 2.75. The monoisotopic (exact) mass is 422 g/mol. The summed E-state index contributed by atoms with van der Waals surface area (Å²) in [4.78, 5) is 16.5. The molecule has 0 aliphatic carbocycles. The number of ether oxygens (including phenoxy) is 1. The molecule has 2 aromatic rings. The quantitative estimate of drug-likeness (QED) is 0.283. The number of rotatable bonds is 9. The third kappa shape index (κ3) is 8.41. The largest absolute Gasteiger partial charge is 0.491 e. The first-order valence-electron chi connectivity index (χ1n) is 10.2. The van der Waals surface area contributed by atoms with Gasteiger partial charge in [-0.3, -0.25) is 4.79 Å². The number of guanidine groups is 1. The third-order valence-electron chi connectivity index (χ3n) is 4.14. The second-order valence-electron chi connectivity index (χ2n) is 7.10. The van der Waals surface area contributed by atoms with E-state index >= 15 is 0 Å². The third-order valence-corrected chi connectivity index (χ3v) is 4.14. The van der Waals surface area contributed by atoms with Gasteiger partial charge in [-0.05, 0) is 56.7 Å². The van der Waals surface area contributed by atoms with E-state index in [1.165, 1.54) is 0 Å². The number of benzene rings is 2. The van der Waals surface area contributed by atoms with Gasteiger partial charge in [-0.25, -0.2) is 4.99 Å². The Morgan fingerprint density at radius 3 is 2.58 bits per heavy atom. The first-order valence-corrected chi connectivity index (χ1v) is 10.2. The summed E-state index contributed by atoms with van der Waals surface area (Å²) in [5, 5.41) is 19.3. The SMILES string of the molecule is C#Cc1cccc(NC(=O)CN=C(NCC)NCC(O)c2ccc(OC(C)C)cc2)c1. The van der Waals surface area contributed by atoms with E-state index in [-0.39, 0.29) is 25.1 Å². The number of carbonyl (C=O) groups is 1. The van der Waals surface area contributed by atoms with Crippen molar-refractivity contribution in [1.82, 2.24) is 10.6 Å². The lowest BCUT2D eigenvalue weighted by molar-refractivity contribution is -0.114. The molecule has 1 unspecified atom stereocenters. The van der Waals surface area contributed by atoms with E-state index in [1.54, 1.807) is 24.3 Å². The second kappa shape index (κ2) is 12.3. The highest BCUT2D eigenvalue weighted by molar-refractivity contribution is 5.94. The van der Waals surface area contributed by atoms with Gasteiger partial charge in [-0.15, -0.1) is 6.42 Å². The number of nitrogens with zero attached hydrogens (tertiary/aromatic N) is 1. The fraction of sp³-hybridized carbons (Fsp3) is 0.333. The summed E-state index contributed by atoms with van der Waals surface area (Å²) in [5.41, 5.74) is 2.06. The van der Waals surface area contributed by atoms with Crippen molar-refractivity contribution in [2.24, 2.45) is 4.99 Å². The van der Waals surface area contributed by atoms with Crippen LogP contribution in [0.1, 0.15) is 38.0 Å². The Labute approximate surface area is 183 Å². The molecule has 0 fully saturated rings. The summed E-state index contributed by atoms with van der Waals surface area (Å²) in [6.07, 6.45) is 4.73. The molecule has 0 radical (unpaired) electrons. The lowest BCUT2D eigenvalue weighted by Gasteiger charge is -2.16. The van der Waals surface area contributed by atoms with Gasteiger partial charge in [0.2, 0.25) is 5.91 Å². The zero-order valence-electron chi connectivity index (χ0n) is 18.2. The molecule has 1 amide bonds. The van der Waals surface area contributed by atoms with E-state index in [0.29, 0.717) is 23.8 Å². The Morgan fingerprint density at radius 2 is 1.94 bits per heavy atom. The highest BCUT2D eigenvalue weighted by Gasteiger charge is 2.10. The van der Waals surface area contributed by atoms with Crippen LogP contribution in [0.15, 0.2) is 53.5 Å². The van der Waals surface area contributed by atoms with Crippen LogP contribution in [0.2, 0.25) is 0 Å². The summed E-state index contributed by atoms with van der Waals surface area (Å²) in [7, 11) is 0. The highest BCUT2D eigenvalue weighted by atomic mass is 16.5. The van der Waals surface area contributed by atoms with E-state index in [0.717, 1.165) is 11.3 Å². The Hall–Kier alpha value is -3.50. The maximum absolute atomic E-state index is 12.2. The topological polar surface area (TPSA) is 95.0 Å². The van der Waals surface area contributed by atoms with Crippen molar-refractivity contribution >= 4 is 17.6 Å². The summed E-state index contributed by atoms with van der Waals surface area (Å²) < 4.78 is 5.61. The van der Waals surface area contributed by atoms with Crippen molar-refractivity contribution in [2.75, 3.05) is 25.0 Å². The molecular weight excluding hydrogens is 392 g/mol. The van der Waals surface area contributed by atoms with Gasteiger partial charge in [0.25, 0.3) is 0 Å². The van der Waals surface area contributed by atoms with E-state index in [9.17, 15) is 9.90 Å². The second-order valence-corrected chi connectivity index (χ2v) is 7.10. The van der Waals surface area contributed by atoms with Crippen molar-refractivity contribution in [3.05, 3.63) is 59.7 Å². The molecule has 164 valence electrons. The molecule has 0 aliphatic rings. The fourth-order valence-corrected chi connectivity index (χ4v) is 2.73. The molecule has 0 saturated heterocycles. The zero-order chi connectivity index (χ0) is 22.6. The zero-order valence-corrected chi connectivity index (χ0v) is 18.2. The van der Waals surface area contributed by atoms with Gasteiger partial charge in [-0.1, -0.05) is 24.1 Å². The Kier molecular flexibility index (Phi) is 9.40. The van der Waals surface area contributed by atoms with Crippen molar-refractivity contribution in [1.29, 1.82) is 0 Å². The summed E-state index contributed by atoms with van der Waals surface area (Å²) in [6, 6.07) is 14.4. The van der Waals surface area contributed by atoms with Gasteiger partial charge in [0.1, 0.15) is 12.3 Å². The number of carbonyl (C=O) groups excluding carboxylic acids is 1. The maximum atomic E-state index is 12.2. The molecule has 0 spiro atoms. The average molecular weight is 423 g/mol. The van der Waals surface area contributed by atoms with Crippen LogP contribution in [-0.2, 0) is 4.79 Å². The molecule has 2 aromatic carbocycles. The molecular formula is C24H30N4O3. The van der Waals surface area contributed by atoms with Crippen LogP contribution in [0.3, 0.4) is 0 Å². The molecule has 7 nitrogen and oxygen atoms in total. The minimum Gasteiger partial charge on any atom is -0.491 e. The highest BCUT2D eigenvalue weighted by Crippen LogP contribution is 2.18. The van der Waals surface area contributed by atoms with Gasteiger partial charge in [-0.2, -0.15) is 0 Å². The minimum absolute atomic E-state index is 0.0764. The van der Waals surface area contributed by atoms with Crippen LogP contribution in [0.4, 0.5) is 5.69 Å². The van der Waals surface area contributed by atoms with Gasteiger partial charge in [0.05, 0.1) is 12.2 Å². The number of hydrogen-bond donors (Lipinski definition) is 4. The van der Waals surface area contributed by atoms with E-state index in [4.69, 9.17) is 11.2 Å². The molecule has 0 saturated carbocycles. The van der Waals surface area contributed by atoms with Crippen molar-refractivity contribution in [2.45, 2.75) is 33.0 Å². The van der Waals surface area contributed by atoms with Crippen LogP contribution >= 0.6 is 0 Å². The smallest absolute Gasteiger partial charge is 0.246 e. The summed E-state index contributed by atoms with van der Waals surface area (Å²) in [5.74, 6) is 3.46. The number of anilines is 1. The van der Waals surface area contributed by atoms with Crippen molar-refractivity contribution < 1.29 is 14.6 Å². The Morgan fingerprint density at radius 1 is 1.19 bits per heavy atom. The lowest BCUT2D eigenvalue weighted by atomic mass is 10.1. The maximum Gasteiger partial charge on any atom is 0.246 e.